The summed E-state index contributed by atoms with van der Waals surface area (Å²) in [6, 6.07) is 5.74. The highest BCUT2D eigenvalue weighted by atomic mass is 32.1. The van der Waals surface area contributed by atoms with E-state index in [-0.39, 0.29) is 12.1 Å². The molecule has 4 rings (SSSR count). The number of anilines is 1. The fraction of sp³-hybridized carbons (Fsp3) is 0.333. The van der Waals surface area contributed by atoms with Crippen molar-refractivity contribution in [2.24, 2.45) is 0 Å². The molecule has 5 heteroatoms. The third kappa shape index (κ3) is 1.81. The average molecular weight is 285 g/mol. The molecular formula is C15H15N3OS. The van der Waals surface area contributed by atoms with Gasteiger partial charge in [-0.2, -0.15) is 0 Å². The predicted molar refractivity (Wildman–Crippen MR) is 79.0 cm³/mol. The molecule has 0 aromatic carbocycles. The lowest BCUT2D eigenvalue weighted by atomic mass is 9.94. The zero-order valence-electron chi connectivity index (χ0n) is 11.0. The van der Waals surface area contributed by atoms with Gasteiger partial charge >= 0.3 is 0 Å². The van der Waals surface area contributed by atoms with Gasteiger partial charge in [-0.15, -0.1) is 11.3 Å². The summed E-state index contributed by atoms with van der Waals surface area (Å²) in [4.78, 5) is 18.1. The lowest BCUT2D eigenvalue weighted by Crippen LogP contribution is -2.38. The first-order chi connectivity index (χ1) is 9.83. The van der Waals surface area contributed by atoms with Gasteiger partial charge < -0.3 is 10.6 Å². The number of thiophene rings is 1. The standard InChI is InChI=1S/C15H15N3OS/c19-14-12-9-5-1-2-7-11(9)20-15(12)18-13(17-14)10-6-3-4-8-16-10/h3-4,6,8,13,18H,1-2,5,7H2,(H,17,19). The van der Waals surface area contributed by atoms with E-state index in [2.05, 4.69) is 15.6 Å². The molecular weight excluding hydrogens is 270 g/mol. The molecule has 0 saturated carbocycles. The van der Waals surface area contributed by atoms with Crippen LogP contribution in [-0.4, -0.2) is 10.9 Å². The molecule has 2 aliphatic rings. The van der Waals surface area contributed by atoms with Crippen LogP contribution in [0.15, 0.2) is 24.4 Å². The minimum Gasteiger partial charge on any atom is -0.351 e. The molecule has 2 N–H and O–H groups in total. The number of nitrogens with one attached hydrogen (secondary N) is 2. The molecule has 1 amide bonds. The van der Waals surface area contributed by atoms with E-state index in [1.807, 2.05) is 18.2 Å². The maximum Gasteiger partial charge on any atom is 0.256 e. The third-order valence-electron chi connectivity index (χ3n) is 3.93. The Kier molecular flexibility index (Phi) is 2.73. The minimum atomic E-state index is -0.226. The summed E-state index contributed by atoms with van der Waals surface area (Å²) in [5.41, 5.74) is 2.98. The van der Waals surface area contributed by atoms with E-state index in [0.29, 0.717) is 0 Å². The number of hydrogen-bond acceptors (Lipinski definition) is 4. The molecule has 2 aromatic heterocycles. The Morgan fingerprint density at radius 2 is 2.10 bits per heavy atom. The SMILES string of the molecule is O=C1NC(c2ccccn2)Nc2sc3c(c21)CCCC3. The molecule has 102 valence electrons. The van der Waals surface area contributed by atoms with Crippen LogP contribution < -0.4 is 10.6 Å². The number of nitrogens with zero attached hydrogens (tertiary/aromatic N) is 1. The second-order valence-corrected chi connectivity index (χ2v) is 6.33. The first-order valence-corrected chi connectivity index (χ1v) is 7.77. The van der Waals surface area contributed by atoms with Gasteiger partial charge in [-0.1, -0.05) is 6.07 Å². The predicted octanol–water partition coefficient (Wildman–Crippen LogP) is 2.88. The molecule has 0 spiro atoms. The number of pyridine rings is 1. The highest BCUT2D eigenvalue weighted by molar-refractivity contribution is 7.16. The lowest BCUT2D eigenvalue weighted by molar-refractivity contribution is 0.0934. The average Bonchev–Trinajstić information content (AvgIpc) is 2.87. The molecule has 1 aliphatic heterocycles. The highest BCUT2D eigenvalue weighted by Crippen LogP contribution is 2.41. The molecule has 0 radical (unpaired) electrons. The summed E-state index contributed by atoms with van der Waals surface area (Å²) >= 11 is 1.74. The zero-order valence-corrected chi connectivity index (χ0v) is 11.8. The van der Waals surface area contributed by atoms with Gasteiger partial charge in [0.05, 0.1) is 11.3 Å². The van der Waals surface area contributed by atoms with Crippen LogP contribution in [-0.2, 0) is 12.8 Å². The van der Waals surface area contributed by atoms with Crippen molar-refractivity contribution in [3.05, 3.63) is 46.1 Å². The van der Waals surface area contributed by atoms with Crippen molar-refractivity contribution < 1.29 is 4.79 Å². The first-order valence-electron chi connectivity index (χ1n) is 6.96. The Morgan fingerprint density at radius 3 is 2.95 bits per heavy atom. The Balaban J connectivity index is 1.73. The number of hydrogen-bond donors (Lipinski definition) is 2. The van der Waals surface area contributed by atoms with Crippen LogP contribution in [0.2, 0.25) is 0 Å². The van der Waals surface area contributed by atoms with E-state index >= 15 is 0 Å². The summed E-state index contributed by atoms with van der Waals surface area (Å²) in [6.07, 6.45) is 6.08. The Bertz CT molecular complexity index is 665. The van der Waals surface area contributed by atoms with Gasteiger partial charge in [0.25, 0.3) is 5.91 Å². The minimum absolute atomic E-state index is 0.0359. The summed E-state index contributed by atoms with van der Waals surface area (Å²) in [7, 11) is 0. The Labute approximate surface area is 121 Å². The molecule has 20 heavy (non-hydrogen) atoms. The number of carbonyl (C=O) groups excluding carboxylic acids is 1. The van der Waals surface area contributed by atoms with Crippen LogP contribution in [0.3, 0.4) is 0 Å². The van der Waals surface area contributed by atoms with Crippen LogP contribution in [0.4, 0.5) is 5.00 Å². The van der Waals surface area contributed by atoms with E-state index in [9.17, 15) is 4.79 Å². The van der Waals surface area contributed by atoms with Crippen molar-refractivity contribution in [3.63, 3.8) is 0 Å². The summed E-state index contributed by atoms with van der Waals surface area (Å²) in [6.45, 7) is 0. The van der Waals surface area contributed by atoms with E-state index in [4.69, 9.17) is 0 Å². The van der Waals surface area contributed by atoms with E-state index in [0.717, 1.165) is 29.1 Å². The monoisotopic (exact) mass is 285 g/mol. The van der Waals surface area contributed by atoms with E-state index < -0.39 is 0 Å². The van der Waals surface area contributed by atoms with Crippen LogP contribution in [0, 0.1) is 0 Å². The fourth-order valence-corrected chi connectivity index (χ4v) is 4.29. The highest BCUT2D eigenvalue weighted by Gasteiger charge is 2.32. The van der Waals surface area contributed by atoms with Gasteiger partial charge in [-0.05, 0) is 43.4 Å². The normalized spacial score (nSPS) is 20.6. The first kappa shape index (κ1) is 11.9. The molecule has 1 aliphatic carbocycles. The van der Waals surface area contributed by atoms with Gasteiger partial charge in [0, 0.05) is 11.1 Å². The second kappa shape index (κ2) is 4.59. The Morgan fingerprint density at radius 1 is 1.20 bits per heavy atom. The molecule has 0 saturated heterocycles. The van der Waals surface area contributed by atoms with E-state index in [1.54, 1.807) is 17.5 Å². The summed E-state index contributed by atoms with van der Waals surface area (Å²) < 4.78 is 0. The number of aromatic nitrogens is 1. The van der Waals surface area contributed by atoms with Crippen LogP contribution >= 0.6 is 11.3 Å². The molecule has 2 aromatic rings. The summed E-state index contributed by atoms with van der Waals surface area (Å²) in [5.74, 6) is 0.0359. The second-order valence-electron chi connectivity index (χ2n) is 5.22. The molecule has 0 bridgehead atoms. The number of rotatable bonds is 1. The number of amides is 1. The number of carbonyl (C=O) groups is 1. The molecule has 1 atom stereocenters. The zero-order chi connectivity index (χ0) is 13.5. The lowest BCUT2D eigenvalue weighted by Gasteiger charge is -2.25. The number of aryl methyl sites for hydroxylation is 1. The maximum absolute atomic E-state index is 12.4. The smallest absolute Gasteiger partial charge is 0.256 e. The van der Waals surface area contributed by atoms with Gasteiger partial charge in [0.15, 0.2) is 0 Å². The largest absolute Gasteiger partial charge is 0.351 e. The van der Waals surface area contributed by atoms with Gasteiger partial charge in [0.1, 0.15) is 11.2 Å². The van der Waals surface area contributed by atoms with E-state index in [1.165, 1.54) is 23.3 Å². The maximum atomic E-state index is 12.4. The van der Waals surface area contributed by atoms with Crippen molar-refractivity contribution in [2.75, 3.05) is 5.32 Å². The van der Waals surface area contributed by atoms with Crippen molar-refractivity contribution >= 4 is 22.2 Å². The van der Waals surface area contributed by atoms with Gasteiger partial charge in [-0.25, -0.2) is 0 Å². The van der Waals surface area contributed by atoms with Crippen molar-refractivity contribution in [2.45, 2.75) is 31.8 Å². The quantitative estimate of drug-likeness (QED) is 0.847. The Hall–Kier alpha value is -1.88. The third-order valence-corrected chi connectivity index (χ3v) is 5.16. The van der Waals surface area contributed by atoms with Crippen molar-refractivity contribution in [1.82, 2.24) is 10.3 Å². The van der Waals surface area contributed by atoms with Crippen LogP contribution in [0.1, 0.15) is 45.5 Å². The molecule has 3 heterocycles. The molecule has 0 fully saturated rings. The fourth-order valence-electron chi connectivity index (χ4n) is 2.97. The molecule has 4 nitrogen and oxygen atoms in total. The van der Waals surface area contributed by atoms with Crippen molar-refractivity contribution in [3.8, 4) is 0 Å². The topological polar surface area (TPSA) is 54.0 Å². The molecule has 1 unspecified atom stereocenters. The van der Waals surface area contributed by atoms with Crippen LogP contribution in [0.5, 0.6) is 0 Å². The van der Waals surface area contributed by atoms with Gasteiger partial charge in [0.2, 0.25) is 0 Å². The van der Waals surface area contributed by atoms with Crippen LogP contribution in [0.25, 0.3) is 0 Å². The van der Waals surface area contributed by atoms with Gasteiger partial charge in [-0.3, -0.25) is 9.78 Å². The van der Waals surface area contributed by atoms with Crippen molar-refractivity contribution in [1.29, 1.82) is 0 Å². The number of fused-ring (bicyclic) bond motifs is 3. The summed E-state index contributed by atoms with van der Waals surface area (Å²) in [5, 5.41) is 7.45.